The van der Waals surface area contributed by atoms with Gasteiger partial charge in [-0.15, -0.1) is 11.8 Å². The highest BCUT2D eigenvalue weighted by molar-refractivity contribution is 7.98. The molecule has 0 spiro atoms. The van der Waals surface area contributed by atoms with Crippen molar-refractivity contribution in [2.75, 3.05) is 13.4 Å². The summed E-state index contributed by atoms with van der Waals surface area (Å²) in [6.45, 7) is 6.74. The van der Waals surface area contributed by atoms with Crippen molar-refractivity contribution < 1.29 is 19.5 Å². The standard InChI is InChI=1S/C13H22BNO4S/c1-12(2,16)13(3,4)19-14(17)9-8-15-11(18-5)7-10(9)20-6/h7-8,16-17H,1-6H3. The molecule has 0 bridgehead atoms. The monoisotopic (exact) mass is 299 g/mol. The Morgan fingerprint density at radius 2 is 1.90 bits per heavy atom. The summed E-state index contributed by atoms with van der Waals surface area (Å²) in [5.74, 6) is 0.479. The lowest BCUT2D eigenvalue weighted by Crippen LogP contribution is -2.53. The van der Waals surface area contributed by atoms with Gasteiger partial charge in [-0.05, 0) is 34.0 Å². The van der Waals surface area contributed by atoms with E-state index in [9.17, 15) is 10.1 Å². The van der Waals surface area contributed by atoms with E-state index in [1.54, 1.807) is 33.8 Å². The molecule has 0 aliphatic rings. The Morgan fingerprint density at radius 1 is 1.30 bits per heavy atom. The van der Waals surface area contributed by atoms with E-state index < -0.39 is 18.3 Å². The zero-order valence-corrected chi connectivity index (χ0v) is 13.6. The minimum atomic E-state index is -1.17. The summed E-state index contributed by atoms with van der Waals surface area (Å²) in [4.78, 5) is 4.90. The molecule has 2 N–H and O–H groups in total. The number of ether oxygens (including phenoxy) is 1. The third-order valence-electron chi connectivity index (χ3n) is 3.44. The summed E-state index contributed by atoms with van der Waals surface area (Å²) in [5.41, 5.74) is -1.45. The van der Waals surface area contributed by atoms with Gasteiger partial charge in [0, 0.05) is 22.6 Å². The lowest BCUT2D eigenvalue weighted by molar-refractivity contribution is -0.0983. The molecule has 0 aromatic carbocycles. The van der Waals surface area contributed by atoms with E-state index in [1.165, 1.54) is 25.1 Å². The van der Waals surface area contributed by atoms with Gasteiger partial charge in [0.1, 0.15) is 0 Å². The average molecular weight is 299 g/mol. The van der Waals surface area contributed by atoms with Crippen LogP contribution in [0.15, 0.2) is 17.2 Å². The fraction of sp³-hybridized carbons (Fsp3) is 0.615. The van der Waals surface area contributed by atoms with Gasteiger partial charge in [-0.25, -0.2) is 4.98 Å². The molecule has 1 aromatic rings. The highest BCUT2D eigenvalue weighted by Crippen LogP contribution is 2.26. The number of aliphatic hydroxyl groups is 1. The van der Waals surface area contributed by atoms with Gasteiger partial charge in [0.15, 0.2) is 0 Å². The van der Waals surface area contributed by atoms with Crippen LogP contribution in [0.2, 0.25) is 0 Å². The van der Waals surface area contributed by atoms with Crippen LogP contribution >= 0.6 is 11.8 Å². The van der Waals surface area contributed by atoms with Gasteiger partial charge in [0.2, 0.25) is 5.88 Å². The normalized spacial score (nSPS) is 12.4. The molecule has 0 radical (unpaired) electrons. The summed E-state index contributed by atoms with van der Waals surface area (Å²) in [7, 11) is 0.369. The lowest BCUT2D eigenvalue weighted by Gasteiger charge is -2.38. The van der Waals surface area contributed by atoms with Crippen molar-refractivity contribution in [3.8, 4) is 5.88 Å². The molecule has 1 aromatic heterocycles. The lowest BCUT2D eigenvalue weighted by atomic mass is 9.77. The summed E-state index contributed by atoms with van der Waals surface area (Å²) in [5, 5.41) is 20.3. The fourth-order valence-corrected chi connectivity index (χ4v) is 2.00. The van der Waals surface area contributed by atoms with Crippen molar-refractivity contribution in [3.05, 3.63) is 12.3 Å². The first-order chi connectivity index (χ1) is 9.12. The molecule has 5 nitrogen and oxygen atoms in total. The number of hydrogen-bond acceptors (Lipinski definition) is 6. The van der Waals surface area contributed by atoms with E-state index in [0.29, 0.717) is 11.3 Å². The highest BCUT2D eigenvalue weighted by atomic mass is 32.2. The third kappa shape index (κ3) is 3.88. The maximum absolute atomic E-state index is 10.3. The number of methoxy groups -OCH3 is 1. The fourth-order valence-electron chi connectivity index (χ4n) is 1.39. The van der Waals surface area contributed by atoms with Crippen LogP contribution in [-0.4, -0.2) is 46.8 Å². The minimum Gasteiger partial charge on any atom is -0.481 e. The van der Waals surface area contributed by atoms with Gasteiger partial charge >= 0.3 is 7.12 Å². The Hall–Kier alpha value is -0.755. The zero-order chi connectivity index (χ0) is 15.6. The molecule has 0 unspecified atom stereocenters. The topological polar surface area (TPSA) is 71.8 Å². The largest absolute Gasteiger partial charge is 0.494 e. The SMILES string of the molecule is COc1cc(SC)c(B(O)OC(C)(C)C(C)(C)O)cn1. The van der Waals surface area contributed by atoms with E-state index in [0.717, 1.165) is 4.90 Å². The molecule has 0 aliphatic heterocycles. The Bertz CT molecular complexity index is 462. The molecule has 0 atom stereocenters. The molecule has 20 heavy (non-hydrogen) atoms. The van der Waals surface area contributed by atoms with Gasteiger partial charge in [0.25, 0.3) is 0 Å². The van der Waals surface area contributed by atoms with Crippen LogP contribution in [-0.2, 0) is 4.65 Å². The van der Waals surface area contributed by atoms with Crippen molar-refractivity contribution in [1.82, 2.24) is 4.98 Å². The molecular formula is C13H22BNO4S. The molecule has 1 rings (SSSR count). The summed E-state index contributed by atoms with van der Waals surface area (Å²) in [6, 6.07) is 1.74. The minimum absolute atomic E-state index is 0.479. The van der Waals surface area contributed by atoms with Gasteiger partial charge in [-0.1, -0.05) is 0 Å². The van der Waals surface area contributed by atoms with Crippen molar-refractivity contribution >= 4 is 24.3 Å². The Labute approximate surface area is 124 Å². The van der Waals surface area contributed by atoms with Crippen LogP contribution in [0, 0.1) is 0 Å². The van der Waals surface area contributed by atoms with Crippen LogP contribution in [0.5, 0.6) is 5.88 Å². The molecule has 0 amide bonds. The Kier molecular flexibility index (Phi) is 5.49. The van der Waals surface area contributed by atoms with Gasteiger partial charge < -0.3 is 19.5 Å². The Balaban J connectivity index is 3.01. The third-order valence-corrected chi connectivity index (χ3v) is 4.24. The van der Waals surface area contributed by atoms with Gasteiger partial charge in [0.05, 0.1) is 18.3 Å². The maximum Gasteiger partial charge on any atom is 0.494 e. The van der Waals surface area contributed by atoms with Crippen molar-refractivity contribution in [3.63, 3.8) is 0 Å². The molecule has 0 fully saturated rings. The first-order valence-electron chi connectivity index (χ1n) is 6.28. The van der Waals surface area contributed by atoms with E-state index in [-0.39, 0.29) is 0 Å². The average Bonchev–Trinajstić information content (AvgIpc) is 2.35. The number of nitrogens with zero attached hydrogens (tertiary/aromatic N) is 1. The van der Waals surface area contributed by atoms with E-state index in [1.807, 2.05) is 6.26 Å². The maximum atomic E-state index is 10.3. The predicted molar refractivity (Wildman–Crippen MR) is 81.6 cm³/mol. The van der Waals surface area contributed by atoms with Gasteiger partial charge in [-0.3, -0.25) is 0 Å². The molecule has 7 heteroatoms. The highest BCUT2D eigenvalue weighted by Gasteiger charge is 2.40. The molecule has 0 saturated heterocycles. The van der Waals surface area contributed by atoms with Crippen molar-refractivity contribution in [2.24, 2.45) is 0 Å². The Morgan fingerprint density at radius 3 is 2.35 bits per heavy atom. The zero-order valence-electron chi connectivity index (χ0n) is 12.8. The summed E-state index contributed by atoms with van der Waals surface area (Å²) < 4.78 is 10.7. The van der Waals surface area contributed by atoms with Crippen LogP contribution in [0.3, 0.4) is 0 Å². The second-order valence-electron chi connectivity index (χ2n) is 5.51. The summed E-state index contributed by atoms with van der Waals surface area (Å²) in [6.07, 6.45) is 3.42. The summed E-state index contributed by atoms with van der Waals surface area (Å²) >= 11 is 1.46. The second-order valence-corrected chi connectivity index (χ2v) is 6.36. The number of aromatic nitrogens is 1. The van der Waals surface area contributed by atoms with Gasteiger partial charge in [-0.2, -0.15) is 0 Å². The first kappa shape index (κ1) is 17.3. The molecule has 1 heterocycles. The van der Waals surface area contributed by atoms with E-state index >= 15 is 0 Å². The second kappa shape index (κ2) is 6.34. The van der Waals surface area contributed by atoms with Crippen molar-refractivity contribution in [1.29, 1.82) is 0 Å². The van der Waals surface area contributed by atoms with E-state index in [2.05, 4.69) is 4.98 Å². The first-order valence-corrected chi connectivity index (χ1v) is 7.51. The molecule has 112 valence electrons. The van der Waals surface area contributed by atoms with Crippen molar-refractivity contribution in [2.45, 2.75) is 43.8 Å². The van der Waals surface area contributed by atoms with E-state index in [4.69, 9.17) is 9.39 Å². The molecule has 0 aliphatic carbocycles. The molecule has 0 saturated carbocycles. The van der Waals surface area contributed by atoms with Crippen LogP contribution in [0.25, 0.3) is 0 Å². The van der Waals surface area contributed by atoms with Crippen LogP contribution < -0.4 is 10.2 Å². The quantitative estimate of drug-likeness (QED) is 0.605. The number of thioether (sulfide) groups is 1. The number of rotatable bonds is 6. The molecular weight excluding hydrogens is 277 g/mol. The smallest absolute Gasteiger partial charge is 0.481 e. The number of hydrogen-bond donors (Lipinski definition) is 2. The van der Waals surface area contributed by atoms with Crippen LogP contribution in [0.4, 0.5) is 0 Å². The predicted octanol–water partition coefficient (Wildman–Crippen LogP) is 1.07. The van der Waals surface area contributed by atoms with Crippen LogP contribution in [0.1, 0.15) is 27.7 Å². The number of pyridine rings is 1.